The third-order valence-corrected chi connectivity index (χ3v) is 2.93. The number of benzene rings is 1. The van der Waals surface area contributed by atoms with Gasteiger partial charge in [-0.1, -0.05) is 6.07 Å². The van der Waals surface area contributed by atoms with Crippen LogP contribution < -0.4 is 5.62 Å². The smallest absolute Gasteiger partial charge is 0.202 e. The molecule has 17 heavy (non-hydrogen) atoms. The standard InChI is InChI=1S/C12H17N3O2/c1-14-9-5-3-6-10(16)11(9)15(12(14)13)7-4-8-17-2/h3,5-6,13,16H,4,7-8H2,1-2H3. The fourth-order valence-electron chi connectivity index (χ4n) is 2.05. The minimum absolute atomic E-state index is 0.217. The van der Waals surface area contributed by atoms with Crippen molar-refractivity contribution in [2.75, 3.05) is 13.7 Å². The van der Waals surface area contributed by atoms with Crippen LogP contribution in [0, 0.1) is 5.41 Å². The summed E-state index contributed by atoms with van der Waals surface area (Å²) < 4.78 is 8.58. The number of nitrogens with zero attached hydrogens (tertiary/aromatic N) is 2. The molecule has 0 bridgehead atoms. The molecule has 0 fully saturated rings. The summed E-state index contributed by atoms with van der Waals surface area (Å²) in [5.74, 6) is 0.217. The zero-order valence-electron chi connectivity index (χ0n) is 10.1. The van der Waals surface area contributed by atoms with Crippen molar-refractivity contribution in [2.24, 2.45) is 7.05 Å². The number of fused-ring (bicyclic) bond motifs is 1. The number of methoxy groups -OCH3 is 1. The van der Waals surface area contributed by atoms with E-state index >= 15 is 0 Å². The Morgan fingerprint density at radius 1 is 1.41 bits per heavy atom. The number of rotatable bonds is 4. The minimum atomic E-state index is 0.217. The van der Waals surface area contributed by atoms with Crippen LogP contribution >= 0.6 is 0 Å². The number of aryl methyl sites for hydroxylation is 2. The lowest BCUT2D eigenvalue weighted by molar-refractivity contribution is 0.190. The molecule has 0 aliphatic rings. The molecule has 1 heterocycles. The van der Waals surface area contributed by atoms with Crippen molar-refractivity contribution >= 4 is 11.0 Å². The molecule has 0 saturated heterocycles. The third-order valence-electron chi connectivity index (χ3n) is 2.93. The van der Waals surface area contributed by atoms with Gasteiger partial charge in [0.1, 0.15) is 11.3 Å². The minimum Gasteiger partial charge on any atom is -0.506 e. The van der Waals surface area contributed by atoms with E-state index in [0.29, 0.717) is 18.8 Å². The molecule has 0 amide bonds. The lowest BCUT2D eigenvalue weighted by atomic mass is 10.3. The first-order valence-corrected chi connectivity index (χ1v) is 5.57. The van der Waals surface area contributed by atoms with Crippen molar-refractivity contribution in [1.82, 2.24) is 9.13 Å². The molecule has 1 aromatic carbocycles. The Hall–Kier alpha value is -1.75. The van der Waals surface area contributed by atoms with Crippen LogP contribution in [0.5, 0.6) is 5.75 Å². The number of nitrogens with one attached hydrogen (secondary N) is 1. The number of hydrogen-bond acceptors (Lipinski definition) is 3. The molecule has 0 atom stereocenters. The van der Waals surface area contributed by atoms with E-state index in [-0.39, 0.29) is 5.75 Å². The number of para-hydroxylation sites is 1. The van der Waals surface area contributed by atoms with Crippen LogP contribution in [0.2, 0.25) is 0 Å². The summed E-state index contributed by atoms with van der Waals surface area (Å²) in [5, 5.41) is 17.9. The van der Waals surface area contributed by atoms with Crippen LogP contribution in [0.4, 0.5) is 0 Å². The van der Waals surface area contributed by atoms with Crippen molar-refractivity contribution in [2.45, 2.75) is 13.0 Å². The Morgan fingerprint density at radius 2 is 2.18 bits per heavy atom. The molecule has 2 aromatic rings. The van der Waals surface area contributed by atoms with Crippen molar-refractivity contribution in [3.63, 3.8) is 0 Å². The summed E-state index contributed by atoms with van der Waals surface area (Å²) in [6.07, 6.45) is 0.820. The number of aromatic hydroxyl groups is 1. The number of hydrogen-bond donors (Lipinski definition) is 2. The van der Waals surface area contributed by atoms with Gasteiger partial charge in [0.15, 0.2) is 0 Å². The molecule has 0 aliphatic carbocycles. The Morgan fingerprint density at radius 3 is 2.88 bits per heavy atom. The van der Waals surface area contributed by atoms with Crippen molar-refractivity contribution in [3.8, 4) is 5.75 Å². The van der Waals surface area contributed by atoms with Gasteiger partial charge in [-0.15, -0.1) is 0 Å². The Bertz CT molecular complexity index is 583. The maximum Gasteiger partial charge on any atom is 0.202 e. The van der Waals surface area contributed by atoms with E-state index in [2.05, 4.69) is 0 Å². The molecular weight excluding hydrogens is 218 g/mol. The van der Waals surface area contributed by atoms with Crippen LogP contribution in [-0.2, 0) is 18.3 Å². The third kappa shape index (κ3) is 1.93. The largest absolute Gasteiger partial charge is 0.506 e. The molecular formula is C12H17N3O2. The second-order valence-electron chi connectivity index (χ2n) is 4.03. The highest BCUT2D eigenvalue weighted by molar-refractivity contribution is 5.82. The van der Waals surface area contributed by atoms with E-state index in [9.17, 15) is 5.11 Å². The summed E-state index contributed by atoms with van der Waals surface area (Å²) in [6, 6.07) is 5.34. The topological polar surface area (TPSA) is 63.2 Å². The molecule has 2 N–H and O–H groups in total. The van der Waals surface area contributed by atoms with Gasteiger partial charge in [-0.05, 0) is 18.6 Å². The fraction of sp³-hybridized carbons (Fsp3) is 0.417. The molecule has 92 valence electrons. The Balaban J connectivity index is 2.53. The second kappa shape index (κ2) is 4.63. The summed E-state index contributed by atoms with van der Waals surface area (Å²) in [4.78, 5) is 0. The molecule has 0 saturated carbocycles. The van der Waals surface area contributed by atoms with Gasteiger partial charge >= 0.3 is 0 Å². The zero-order chi connectivity index (χ0) is 12.4. The lowest BCUT2D eigenvalue weighted by Crippen LogP contribution is -2.23. The summed E-state index contributed by atoms with van der Waals surface area (Å²) in [7, 11) is 3.49. The van der Waals surface area contributed by atoms with Gasteiger partial charge in [0.25, 0.3) is 0 Å². The van der Waals surface area contributed by atoms with Gasteiger partial charge in [-0.2, -0.15) is 0 Å². The first-order chi connectivity index (χ1) is 8.16. The number of phenols is 1. The molecule has 0 radical (unpaired) electrons. The second-order valence-corrected chi connectivity index (χ2v) is 4.03. The molecule has 0 aliphatic heterocycles. The number of imidazole rings is 1. The van der Waals surface area contributed by atoms with E-state index in [0.717, 1.165) is 17.5 Å². The molecule has 5 nitrogen and oxygen atoms in total. The van der Waals surface area contributed by atoms with E-state index in [1.165, 1.54) is 0 Å². The zero-order valence-corrected chi connectivity index (χ0v) is 10.1. The van der Waals surface area contributed by atoms with Crippen LogP contribution in [0.15, 0.2) is 18.2 Å². The molecule has 1 aromatic heterocycles. The highest BCUT2D eigenvalue weighted by atomic mass is 16.5. The van der Waals surface area contributed by atoms with E-state index in [1.54, 1.807) is 23.8 Å². The summed E-state index contributed by atoms with van der Waals surface area (Å²) in [5.41, 5.74) is 1.97. The number of aromatic nitrogens is 2. The maximum absolute atomic E-state index is 9.90. The predicted octanol–water partition coefficient (Wildman–Crippen LogP) is 1.20. The number of phenolic OH excluding ortho intramolecular Hbond substituents is 1. The molecule has 5 heteroatoms. The maximum atomic E-state index is 9.90. The van der Waals surface area contributed by atoms with Crippen molar-refractivity contribution in [3.05, 3.63) is 23.8 Å². The van der Waals surface area contributed by atoms with Crippen molar-refractivity contribution < 1.29 is 9.84 Å². The first-order valence-electron chi connectivity index (χ1n) is 5.57. The lowest BCUT2D eigenvalue weighted by Gasteiger charge is -2.04. The summed E-state index contributed by atoms with van der Waals surface area (Å²) in [6.45, 7) is 1.32. The van der Waals surface area contributed by atoms with Gasteiger partial charge in [-0.25, -0.2) is 0 Å². The van der Waals surface area contributed by atoms with E-state index in [4.69, 9.17) is 10.1 Å². The van der Waals surface area contributed by atoms with Crippen LogP contribution in [0.3, 0.4) is 0 Å². The van der Waals surface area contributed by atoms with Crippen LogP contribution in [-0.4, -0.2) is 28.0 Å². The van der Waals surface area contributed by atoms with E-state index in [1.807, 2.05) is 17.7 Å². The van der Waals surface area contributed by atoms with Gasteiger partial charge < -0.3 is 19.0 Å². The van der Waals surface area contributed by atoms with Gasteiger partial charge in [0, 0.05) is 27.3 Å². The van der Waals surface area contributed by atoms with Gasteiger partial charge in [0.2, 0.25) is 5.62 Å². The average molecular weight is 235 g/mol. The van der Waals surface area contributed by atoms with Crippen LogP contribution in [0.1, 0.15) is 6.42 Å². The van der Waals surface area contributed by atoms with Crippen molar-refractivity contribution in [1.29, 1.82) is 5.41 Å². The van der Waals surface area contributed by atoms with E-state index < -0.39 is 0 Å². The normalized spacial score (nSPS) is 11.2. The SMILES string of the molecule is COCCCn1c(=N)n(C)c2cccc(O)c21. The Kier molecular flexibility index (Phi) is 3.19. The highest BCUT2D eigenvalue weighted by Gasteiger charge is 2.11. The van der Waals surface area contributed by atoms with Gasteiger partial charge in [0.05, 0.1) is 5.52 Å². The molecule has 2 rings (SSSR count). The first kappa shape index (κ1) is 11.7. The van der Waals surface area contributed by atoms with Crippen LogP contribution in [0.25, 0.3) is 11.0 Å². The number of ether oxygens (including phenoxy) is 1. The quantitative estimate of drug-likeness (QED) is 0.782. The predicted molar refractivity (Wildman–Crippen MR) is 64.9 cm³/mol. The Labute approximate surface area is 99.4 Å². The highest BCUT2D eigenvalue weighted by Crippen LogP contribution is 2.23. The molecule has 0 spiro atoms. The average Bonchev–Trinajstić information content (AvgIpc) is 2.56. The van der Waals surface area contributed by atoms with Gasteiger partial charge in [-0.3, -0.25) is 5.41 Å². The molecule has 0 unspecified atom stereocenters. The monoisotopic (exact) mass is 235 g/mol. The summed E-state index contributed by atoms with van der Waals surface area (Å²) >= 11 is 0. The fourth-order valence-corrected chi connectivity index (χ4v) is 2.05.